The standard InChI is InChI=1S/C15H11FN6O/c1-9-12(7-17)15(18)22(21-9)13-6-14(20-8-19-13)23-11-4-2-10(16)3-5-11/h2-6,8H,18H2,1H3. The Morgan fingerprint density at radius 2 is 2.00 bits per heavy atom. The van der Waals surface area contributed by atoms with E-state index in [-0.39, 0.29) is 17.5 Å². The number of aryl methyl sites for hydroxylation is 1. The smallest absolute Gasteiger partial charge is 0.224 e. The predicted molar refractivity (Wildman–Crippen MR) is 79.5 cm³/mol. The van der Waals surface area contributed by atoms with E-state index in [0.717, 1.165) is 0 Å². The van der Waals surface area contributed by atoms with Gasteiger partial charge in [0.05, 0.1) is 5.69 Å². The van der Waals surface area contributed by atoms with Gasteiger partial charge in [-0.05, 0) is 31.2 Å². The van der Waals surface area contributed by atoms with Crippen LogP contribution in [-0.4, -0.2) is 19.7 Å². The molecule has 3 aromatic rings. The van der Waals surface area contributed by atoms with Gasteiger partial charge in [0.2, 0.25) is 5.88 Å². The Kier molecular flexibility index (Phi) is 3.60. The van der Waals surface area contributed by atoms with E-state index in [4.69, 9.17) is 15.7 Å². The molecule has 0 spiro atoms. The van der Waals surface area contributed by atoms with E-state index in [2.05, 4.69) is 15.1 Å². The van der Waals surface area contributed by atoms with E-state index in [1.165, 1.54) is 41.3 Å². The summed E-state index contributed by atoms with van der Waals surface area (Å²) in [4.78, 5) is 8.06. The topological polar surface area (TPSA) is 103 Å². The normalized spacial score (nSPS) is 10.3. The number of benzene rings is 1. The first kappa shape index (κ1) is 14.5. The van der Waals surface area contributed by atoms with Crippen molar-refractivity contribution in [2.75, 3.05) is 5.73 Å². The number of anilines is 1. The summed E-state index contributed by atoms with van der Waals surface area (Å²) in [6.45, 7) is 1.68. The van der Waals surface area contributed by atoms with Crippen molar-refractivity contribution in [3.8, 4) is 23.5 Å². The number of nitrogens with two attached hydrogens (primary N) is 1. The highest BCUT2D eigenvalue weighted by Crippen LogP contribution is 2.23. The summed E-state index contributed by atoms with van der Waals surface area (Å²) in [6, 6.07) is 9.05. The number of nitrogens with zero attached hydrogens (tertiary/aromatic N) is 5. The average molecular weight is 310 g/mol. The first-order valence-electron chi connectivity index (χ1n) is 6.59. The molecule has 0 amide bonds. The summed E-state index contributed by atoms with van der Waals surface area (Å²) >= 11 is 0. The van der Waals surface area contributed by atoms with Crippen molar-refractivity contribution in [1.82, 2.24) is 19.7 Å². The summed E-state index contributed by atoms with van der Waals surface area (Å²) in [7, 11) is 0. The summed E-state index contributed by atoms with van der Waals surface area (Å²) < 4.78 is 19.8. The molecular weight excluding hydrogens is 299 g/mol. The molecule has 0 aliphatic heterocycles. The lowest BCUT2D eigenvalue weighted by atomic mass is 10.3. The minimum Gasteiger partial charge on any atom is -0.439 e. The molecule has 114 valence electrons. The van der Waals surface area contributed by atoms with Crippen molar-refractivity contribution < 1.29 is 9.13 Å². The molecular formula is C15H11FN6O. The molecule has 2 N–H and O–H groups in total. The van der Waals surface area contributed by atoms with Crippen molar-refractivity contribution in [2.45, 2.75) is 6.92 Å². The number of rotatable bonds is 3. The molecule has 2 heterocycles. The van der Waals surface area contributed by atoms with Gasteiger partial charge in [0.25, 0.3) is 0 Å². The lowest BCUT2D eigenvalue weighted by molar-refractivity contribution is 0.459. The monoisotopic (exact) mass is 310 g/mol. The Balaban J connectivity index is 1.94. The summed E-state index contributed by atoms with van der Waals surface area (Å²) in [5, 5.41) is 13.2. The minimum absolute atomic E-state index is 0.191. The van der Waals surface area contributed by atoms with E-state index < -0.39 is 0 Å². The van der Waals surface area contributed by atoms with E-state index in [1.54, 1.807) is 6.92 Å². The Morgan fingerprint density at radius 1 is 1.26 bits per heavy atom. The first-order chi connectivity index (χ1) is 11.1. The van der Waals surface area contributed by atoms with Gasteiger partial charge in [0, 0.05) is 6.07 Å². The molecule has 23 heavy (non-hydrogen) atoms. The highest BCUT2D eigenvalue weighted by atomic mass is 19.1. The molecule has 0 fully saturated rings. The van der Waals surface area contributed by atoms with Crippen LogP contribution in [0.3, 0.4) is 0 Å². The Labute approximate surface area is 130 Å². The van der Waals surface area contributed by atoms with Crippen molar-refractivity contribution in [3.63, 3.8) is 0 Å². The SMILES string of the molecule is Cc1nn(-c2cc(Oc3ccc(F)cc3)ncn2)c(N)c1C#N. The number of ether oxygens (including phenoxy) is 1. The fourth-order valence-electron chi connectivity index (χ4n) is 1.98. The van der Waals surface area contributed by atoms with Crippen LogP contribution in [0.2, 0.25) is 0 Å². The molecule has 0 radical (unpaired) electrons. The van der Waals surface area contributed by atoms with Crippen LogP contribution in [-0.2, 0) is 0 Å². The molecule has 0 aliphatic carbocycles. The van der Waals surface area contributed by atoms with Crippen LogP contribution in [0.15, 0.2) is 36.7 Å². The molecule has 0 bridgehead atoms. The van der Waals surface area contributed by atoms with Gasteiger partial charge in [0.1, 0.15) is 35.3 Å². The van der Waals surface area contributed by atoms with Gasteiger partial charge < -0.3 is 10.5 Å². The summed E-state index contributed by atoms with van der Waals surface area (Å²) in [5.74, 6) is 0.867. The largest absolute Gasteiger partial charge is 0.439 e. The Morgan fingerprint density at radius 3 is 2.65 bits per heavy atom. The third-order valence-electron chi connectivity index (χ3n) is 3.09. The van der Waals surface area contributed by atoms with E-state index >= 15 is 0 Å². The maximum absolute atomic E-state index is 12.9. The highest BCUT2D eigenvalue weighted by Gasteiger charge is 2.15. The minimum atomic E-state index is -0.357. The second-order valence-electron chi connectivity index (χ2n) is 4.64. The molecule has 3 rings (SSSR count). The predicted octanol–water partition coefficient (Wildman–Crippen LogP) is 2.36. The summed E-state index contributed by atoms with van der Waals surface area (Å²) in [6.07, 6.45) is 1.29. The lowest BCUT2D eigenvalue weighted by Gasteiger charge is -2.07. The number of hydrogen-bond acceptors (Lipinski definition) is 6. The maximum atomic E-state index is 12.9. The third kappa shape index (κ3) is 2.80. The molecule has 8 heteroatoms. The van der Waals surface area contributed by atoms with Crippen LogP contribution in [0.4, 0.5) is 10.2 Å². The molecule has 0 atom stereocenters. The van der Waals surface area contributed by atoms with Crippen LogP contribution >= 0.6 is 0 Å². The second-order valence-corrected chi connectivity index (χ2v) is 4.64. The van der Waals surface area contributed by atoms with Crippen molar-refractivity contribution >= 4 is 5.82 Å². The number of hydrogen-bond donors (Lipinski definition) is 1. The van der Waals surface area contributed by atoms with Crippen LogP contribution in [0.25, 0.3) is 5.82 Å². The van der Waals surface area contributed by atoms with Crippen LogP contribution in [0, 0.1) is 24.1 Å². The fourth-order valence-corrected chi connectivity index (χ4v) is 1.98. The highest BCUT2D eigenvalue weighted by molar-refractivity contribution is 5.55. The van der Waals surface area contributed by atoms with Crippen molar-refractivity contribution in [2.24, 2.45) is 0 Å². The van der Waals surface area contributed by atoms with Crippen LogP contribution in [0.5, 0.6) is 11.6 Å². The molecule has 1 aromatic carbocycles. The van der Waals surface area contributed by atoms with E-state index in [0.29, 0.717) is 22.8 Å². The molecule has 2 aromatic heterocycles. The zero-order valence-corrected chi connectivity index (χ0v) is 12.1. The van der Waals surface area contributed by atoms with E-state index in [1.807, 2.05) is 6.07 Å². The number of halogens is 1. The fraction of sp³-hybridized carbons (Fsp3) is 0.0667. The lowest BCUT2D eigenvalue weighted by Crippen LogP contribution is -2.05. The van der Waals surface area contributed by atoms with Gasteiger partial charge in [0.15, 0.2) is 5.82 Å². The first-order valence-corrected chi connectivity index (χ1v) is 6.59. The van der Waals surface area contributed by atoms with Gasteiger partial charge >= 0.3 is 0 Å². The number of aromatic nitrogens is 4. The Bertz CT molecular complexity index is 897. The van der Waals surface area contributed by atoms with E-state index in [9.17, 15) is 4.39 Å². The summed E-state index contributed by atoms with van der Waals surface area (Å²) in [5.41, 5.74) is 6.70. The average Bonchev–Trinajstić information content (AvgIpc) is 2.84. The molecule has 0 saturated heterocycles. The van der Waals surface area contributed by atoms with Crippen molar-refractivity contribution in [3.05, 3.63) is 53.7 Å². The number of nitriles is 1. The van der Waals surface area contributed by atoms with Crippen LogP contribution in [0.1, 0.15) is 11.3 Å². The Hall–Kier alpha value is -3.47. The molecule has 7 nitrogen and oxygen atoms in total. The quantitative estimate of drug-likeness (QED) is 0.796. The number of nitrogen functional groups attached to an aromatic ring is 1. The zero-order chi connectivity index (χ0) is 16.4. The van der Waals surface area contributed by atoms with Crippen molar-refractivity contribution in [1.29, 1.82) is 5.26 Å². The zero-order valence-electron chi connectivity index (χ0n) is 12.1. The molecule has 0 saturated carbocycles. The van der Waals surface area contributed by atoms with Gasteiger partial charge in [-0.15, -0.1) is 0 Å². The van der Waals surface area contributed by atoms with Crippen LogP contribution < -0.4 is 10.5 Å². The molecule has 0 aliphatic rings. The van der Waals surface area contributed by atoms with Gasteiger partial charge in [-0.1, -0.05) is 0 Å². The van der Waals surface area contributed by atoms with Gasteiger partial charge in [-0.2, -0.15) is 15.0 Å². The maximum Gasteiger partial charge on any atom is 0.224 e. The second kappa shape index (κ2) is 5.73. The third-order valence-corrected chi connectivity index (χ3v) is 3.09. The molecule has 0 unspecified atom stereocenters. The van der Waals surface area contributed by atoms with Gasteiger partial charge in [-0.3, -0.25) is 0 Å². The van der Waals surface area contributed by atoms with Gasteiger partial charge in [-0.25, -0.2) is 14.4 Å².